The Bertz CT molecular complexity index is 754. The topological polar surface area (TPSA) is 63.9 Å². The average molecular weight is 349 g/mol. The number of nitrogens with zero attached hydrogens (tertiary/aromatic N) is 5. The van der Waals surface area contributed by atoms with Crippen molar-refractivity contribution >= 4 is 0 Å². The van der Waals surface area contributed by atoms with Crippen LogP contribution in [0.1, 0.15) is 36.3 Å². The Morgan fingerprint density at radius 1 is 1.20 bits per heavy atom. The van der Waals surface area contributed by atoms with Crippen molar-refractivity contribution in [1.82, 2.24) is 24.4 Å². The molecule has 3 heterocycles. The Morgan fingerprint density at radius 3 is 2.48 bits per heavy atom. The Kier molecular flexibility index (Phi) is 5.47. The van der Waals surface area contributed by atoms with Crippen LogP contribution >= 0.6 is 0 Å². The van der Waals surface area contributed by atoms with E-state index in [0.717, 1.165) is 49.9 Å². The van der Waals surface area contributed by atoms with Crippen molar-refractivity contribution in [3.8, 4) is 0 Å². The Morgan fingerprint density at radius 2 is 1.88 bits per heavy atom. The van der Waals surface area contributed by atoms with Crippen molar-refractivity contribution in [1.29, 1.82) is 0 Å². The first kappa shape index (κ1) is 17.6. The number of aromatic nitrogens is 4. The van der Waals surface area contributed by atoms with Crippen LogP contribution in [0.3, 0.4) is 0 Å². The highest BCUT2D eigenvalue weighted by atomic mass is 19.3. The van der Waals surface area contributed by atoms with E-state index in [1.165, 1.54) is 10.9 Å². The lowest BCUT2D eigenvalue weighted by atomic mass is 9.96. The quantitative estimate of drug-likeness (QED) is 0.828. The molecule has 0 atom stereocenters. The minimum Gasteiger partial charge on any atom is -0.299 e. The van der Waals surface area contributed by atoms with E-state index in [1.807, 2.05) is 19.3 Å². The van der Waals surface area contributed by atoms with Crippen molar-refractivity contribution in [2.75, 3.05) is 13.1 Å². The van der Waals surface area contributed by atoms with Crippen LogP contribution in [0.15, 0.2) is 29.6 Å². The number of hydrogen-bond donors (Lipinski definition) is 0. The van der Waals surface area contributed by atoms with E-state index >= 15 is 0 Å². The Labute approximate surface area is 144 Å². The lowest BCUT2D eigenvalue weighted by Gasteiger charge is -2.32. The number of halogens is 2. The molecule has 0 aromatic carbocycles. The van der Waals surface area contributed by atoms with E-state index in [1.54, 1.807) is 0 Å². The van der Waals surface area contributed by atoms with Crippen LogP contribution in [-0.2, 0) is 13.1 Å². The number of rotatable bonds is 5. The summed E-state index contributed by atoms with van der Waals surface area (Å²) in [6.07, 6.45) is 4.14. The maximum absolute atomic E-state index is 12.6. The summed E-state index contributed by atoms with van der Waals surface area (Å²) >= 11 is 0. The van der Waals surface area contributed by atoms with Crippen LogP contribution in [0, 0.1) is 12.8 Å². The van der Waals surface area contributed by atoms with Gasteiger partial charge in [-0.15, -0.1) is 0 Å². The first-order chi connectivity index (χ1) is 12.0. The van der Waals surface area contributed by atoms with Crippen LogP contribution in [0.4, 0.5) is 8.78 Å². The molecule has 6 nitrogen and oxygen atoms in total. The Balaban J connectivity index is 1.52. The molecule has 3 rings (SSSR count). The van der Waals surface area contributed by atoms with Gasteiger partial charge in [0.2, 0.25) is 0 Å². The minimum absolute atomic E-state index is 0.349. The van der Waals surface area contributed by atoms with Crippen molar-refractivity contribution in [3.05, 3.63) is 52.2 Å². The lowest BCUT2D eigenvalue weighted by Crippen LogP contribution is -2.36. The summed E-state index contributed by atoms with van der Waals surface area (Å²) in [5.74, 6) is 1.11. The average Bonchev–Trinajstić information content (AvgIpc) is 2.60. The van der Waals surface area contributed by atoms with Gasteiger partial charge in [-0.05, 0) is 38.8 Å². The van der Waals surface area contributed by atoms with Crippen molar-refractivity contribution < 1.29 is 8.78 Å². The second kappa shape index (κ2) is 7.77. The van der Waals surface area contributed by atoms with Crippen LogP contribution in [-0.4, -0.2) is 37.5 Å². The van der Waals surface area contributed by atoms with E-state index in [-0.39, 0.29) is 0 Å². The fraction of sp³-hybridized carbons (Fsp3) is 0.529. The number of piperidine rings is 1. The summed E-state index contributed by atoms with van der Waals surface area (Å²) in [6.45, 7) is 5.06. The first-order valence-corrected chi connectivity index (χ1v) is 8.35. The summed E-state index contributed by atoms with van der Waals surface area (Å²) < 4.78 is 26.5. The van der Waals surface area contributed by atoms with Crippen LogP contribution in [0.25, 0.3) is 0 Å². The summed E-state index contributed by atoms with van der Waals surface area (Å²) in [7, 11) is 0. The zero-order chi connectivity index (χ0) is 17.8. The molecule has 0 N–H and O–H groups in total. The molecule has 0 saturated carbocycles. The molecule has 1 saturated heterocycles. The molecule has 0 bridgehead atoms. The summed E-state index contributed by atoms with van der Waals surface area (Å²) in [6, 6.07) is 0.928. The zero-order valence-electron chi connectivity index (χ0n) is 14.1. The van der Waals surface area contributed by atoms with Crippen molar-refractivity contribution in [2.24, 2.45) is 5.92 Å². The van der Waals surface area contributed by atoms with Gasteiger partial charge < -0.3 is 0 Å². The molecule has 8 heteroatoms. The lowest BCUT2D eigenvalue weighted by molar-refractivity contribution is 0.144. The molecule has 1 aliphatic heterocycles. The summed E-state index contributed by atoms with van der Waals surface area (Å²) in [5, 5.41) is 0. The maximum Gasteiger partial charge on any atom is 0.280 e. The van der Waals surface area contributed by atoms with Gasteiger partial charge in [0, 0.05) is 37.1 Å². The fourth-order valence-electron chi connectivity index (χ4n) is 3.06. The van der Waals surface area contributed by atoms with Gasteiger partial charge in [0.15, 0.2) is 0 Å². The van der Waals surface area contributed by atoms with Crippen molar-refractivity contribution in [2.45, 2.75) is 39.3 Å². The molecule has 0 unspecified atom stereocenters. The summed E-state index contributed by atoms with van der Waals surface area (Å²) in [5.41, 5.74) is 0.216. The normalized spacial score (nSPS) is 16.5. The molecule has 2 aromatic heterocycles. The third-order valence-electron chi connectivity index (χ3n) is 4.53. The Hall–Kier alpha value is -2.22. The summed E-state index contributed by atoms with van der Waals surface area (Å²) in [4.78, 5) is 26.3. The van der Waals surface area contributed by atoms with E-state index in [4.69, 9.17) is 0 Å². The highest BCUT2D eigenvalue weighted by Gasteiger charge is 2.20. The third kappa shape index (κ3) is 4.66. The first-order valence-electron chi connectivity index (χ1n) is 8.35. The molecule has 0 amide bonds. The van der Waals surface area contributed by atoms with Gasteiger partial charge in [0.1, 0.15) is 11.5 Å². The predicted octanol–water partition coefficient (Wildman–Crippen LogP) is 2.19. The molecule has 1 aliphatic rings. The van der Waals surface area contributed by atoms with E-state index < -0.39 is 17.7 Å². The highest BCUT2D eigenvalue weighted by Crippen LogP contribution is 2.20. The molecular formula is C17H21F2N5O. The zero-order valence-corrected chi connectivity index (χ0v) is 14.1. The second-order valence-corrected chi connectivity index (χ2v) is 6.46. The van der Waals surface area contributed by atoms with E-state index in [0.29, 0.717) is 12.5 Å². The molecule has 0 radical (unpaired) electrons. The number of alkyl halides is 2. The van der Waals surface area contributed by atoms with Crippen LogP contribution in [0.5, 0.6) is 0 Å². The molecule has 134 valence electrons. The van der Waals surface area contributed by atoms with Gasteiger partial charge in [-0.25, -0.2) is 23.7 Å². The largest absolute Gasteiger partial charge is 0.299 e. The fourth-order valence-corrected chi connectivity index (χ4v) is 3.06. The predicted molar refractivity (Wildman–Crippen MR) is 88.2 cm³/mol. The molecule has 0 aliphatic carbocycles. The minimum atomic E-state index is -2.71. The monoisotopic (exact) mass is 349 g/mol. The van der Waals surface area contributed by atoms with E-state index in [9.17, 15) is 13.6 Å². The van der Waals surface area contributed by atoms with Gasteiger partial charge in [0.25, 0.3) is 12.0 Å². The van der Waals surface area contributed by atoms with Crippen molar-refractivity contribution in [3.63, 3.8) is 0 Å². The number of aryl methyl sites for hydroxylation is 1. The van der Waals surface area contributed by atoms with E-state index in [2.05, 4.69) is 19.9 Å². The van der Waals surface area contributed by atoms with Crippen LogP contribution in [0.2, 0.25) is 0 Å². The standard InChI is InChI=1S/C17H21F2N5O/c1-12-20-7-14(8-21-12)9-23-4-2-13(3-5-23)10-24-11-22-15(17(18)19)6-16(24)25/h6-8,11,13,17H,2-5,9-10H2,1H3. The van der Waals surface area contributed by atoms with Gasteiger partial charge >= 0.3 is 0 Å². The van der Waals surface area contributed by atoms with Gasteiger partial charge in [0.05, 0.1) is 6.33 Å². The second-order valence-electron chi connectivity index (χ2n) is 6.46. The SMILES string of the molecule is Cc1ncc(CN2CCC(Cn3cnc(C(F)F)cc3=O)CC2)cn1. The highest BCUT2D eigenvalue weighted by molar-refractivity contribution is 5.05. The number of hydrogen-bond acceptors (Lipinski definition) is 5. The molecule has 25 heavy (non-hydrogen) atoms. The van der Waals surface area contributed by atoms with Crippen LogP contribution < -0.4 is 5.56 Å². The molecule has 0 spiro atoms. The van der Waals surface area contributed by atoms with Gasteiger partial charge in [-0.1, -0.05) is 0 Å². The maximum atomic E-state index is 12.6. The molecule has 1 fully saturated rings. The molecule has 2 aromatic rings. The smallest absolute Gasteiger partial charge is 0.280 e. The van der Waals surface area contributed by atoms with Gasteiger partial charge in [-0.3, -0.25) is 14.3 Å². The van der Waals surface area contributed by atoms with Gasteiger partial charge in [-0.2, -0.15) is 0 Å². The number of likely N-dealkylation sites (tertiary alicyclic amines) is 1. The molecular weight excluding hydrogens is 328 g/mol. The third-order valence-corrected chi connectivity index (χ3v) is 4.53.